The Hall–Kier alpha value is -3.16. The molecule has 1 atom stereocenters. The first-order chi connectivity index (χ1) is 12.4. The van der Waals surface area contributed by atoms with Crippen molar-refractivity contribution in [1.29, 1.82) is 0 Å². The number of nitrogens with two attached hydrogens (primary N) is 1. The second kappa shape index (κ2) is 6.99. The SMILES string of the molecule is C=C1NC(=O)NC(C(=O)N[C@@H]2CCc3c(ccc(OC)c3OC)C2)=C1N. The number of ether oxygens (including phenoxy) is 2. The van der Waals surface area contributed by atoms with E-state index in [-0.39, 0.29) is 23.1 Å². The van der Waals surface area contributed by atoms with E-state index in [1.165, 1.54) is 0 Å². The molecule has 3 rings (SSSR count). The largest absolute Gasteiger partial charge is 0.493 e. The smallest absolute Gasteiger partial charge is 0.323 e. The lowest BCUT2D eigenvalue weighted by molar-refractivity contribution is -0.118. The van der Waals surface area contributed by atoms with Gasteiger partial charge < -0.3 is 31.2 Å². The topological polar surface area (TPSA) is 115 Å². The van der Waals surface area contributed by atoms with Crippen LogP contribution in [0.5, 0.6) is 11.5 Å². The van der Waals surface area contributed by atoms with E-state index < -0.39 is 11.9 Å². The van der Waals surface area contributed by atoms with E-state index in [9.17, 15) is 9.59 Å². The quantitative estimate of drug-likeness (QED) is 0.632. The van der Waals surface area contributed by atoms with E-state index in [4.69, 9.17) is 15.2 Å². The Kier molecular flexibility index (Phi) is 4.75. The first-order valence-electron chi connectivity index (χ1n) is 8.25. The highest BCUT2D eigenvalue weighted by atomic mass is 16.5. The average molecular weight is 358 g/mol. The first kappa shape index (κ1) is 17.7. The highest BCUT2D eigenvalue weighted by Crippen LogP contribution is 2.37. The molecular weight excluding hydrogens is 336 g/mol. The summed E-state index contributed by atoms with van der Waals surface area (Å²) < 4.78 is 10.8. The van der Waals surface area contributed by atoms with Gasteiger partial charge in [0.25, 0.3) is 5.91 Å². The van der Waals surface area contributed by atoms with E-state index >= 15 is 0 Å². The highest BCUT2D eigenvalue weighted by Gasteiger charge is 2.28. The van der Waals surface area contributed by atoms with Gasteiger partial charge in [-0.15, -0.1) is 0 Å². The normalized spacial score (nSPS) is 19.2. The molecule has 26 heavy (non-hydrogen) atoms. The second-order valence-electron chi connectivity index (χ2n) is 6.20. The Balaban J connectivity index is 1.76. The Bertz CT molecular complexity index is 816. The van der Waals surface area contributed by atoms with Gasteiger partial charge >= 0.3 is 6.03 Å². The number of benzene rings is 1. The van der Waals surface area contributed by atoms with Crippen LogP contribution in [0.15, 0.2) is 35.8 Å². The van der Waals surface area contributed by atoms with Gasteiger partial charge in [-0.1, -0.05) is 12.6 Å². The Labute approximate surface area is 151 Å². The summed E-state index contributed by atoms with van der Waals surface area (Å²) in [5.41, 5.74) is 8.41. The third-order valence-electron chi connectivity index (χ3n) is 4.61. The van der Waals surface area contributed by atoms with E-state index in [1.807, 2.05) is 12.1 Å². The van der Waals surface area contributed by atoms with Gasteiger partial charge in [0.2, 0.25) is 0 Å². The van der Waals surface area contributed by atoms with Crippen LogP contribution in [-0.4, -0.2) is 32.2 Å². The average Bonchev–Trinajstić information content (AvgIpc) is 2.63. The van der Waals surface area contributed by atoms with Gasteiger partial charge in [0.15, 0.2) is 11.5 Å². The maximum Gasteiger partial charge on any atom is 0.323 e. The van der Waals surface area contributed by atoms with Crippen molar-refractivity contribution in [1.82, 2.24) is 16.0 Å². The van der Waals surface area contributed by atoms with Gasteiger partial charge in [-0.2, -0.15) is 0 Å². The highest BCUT2D eigenvalue weighted by molar-refractivity contribution is 6.00. The fraction of sp³-hybridized carbons (Fsp3) is 0.333. The zero-order valence-electron chi connectivity index (χ0n) is 14.8. The lowest BCUT2D eigenvalue weighted by atomic mass is 9.87. The molecule has 0 bridgehead atoms. The standard InChI is InChI=1S/C18H22N4O4/c1-9-14(19)15(22-18(24)20-9)17(23)21-11-5-6-12-10(8-11)4-7-13(25-2)16(12)26-3/h4,7,11H,1,5-6,8,19H2,2-3H3,(H,21,23)(H2,20,22,24)/t11-/m1/s1. The minimum absolute atomic E-state index is 0.0249. The van der Waals surface area contributed by atoms with Crippen molar-refractivity contribution in [3.63, 3.8) is 0 Å². The van der Waals surface area contributed by atoms with Crippen molar-refractivity contribution in [2.45, 2.75) is 25.3 Å². The number of methoxy groups -OCH3 is 2. The van der Waals surface area contributed by atoms with E-state index in [1.54, 1.807) is 14.2 Å². The molecule has 8 nitrogen and oxygen atoms in total. The first-order valence-corrected chi connectivity index (χ1v) is 8.25. The van der Waals surface area contributed by atoms with Crippen molar-refractivity contribution < 1.29 is 19.1 Å². The number of carbonyl (C=O) groups is 2. The van der Waals surface area contributed by atoms with Crippen LogP contribution < -0.4 is 31.2 Å². The number of hydrogen-bond donors (Lipinski definition) is 4. The summed E-state index contributed by atoms with van der Waals surface area (Å²) in [4.78, 5) is 24.1. The monoisotopic (exact) mass is 358 g/mol. The van der Waals surface area contributed by atoms with Crippen molar-refractivity contribution >= 4 is 11.9 Å². The van der Waals surface area contributed by atoms with Gasteiger partial charge in [-0.25, -0.2) is 4.79 Å². The van der Waals surface area contributed by atoms with Crippen molar-refractivity contribution in [3.05, 3.63) is 46.9 Å². The second-order valence-corrected chi connectivity index (χ2v) is 6.20. The number of carbonyl (C=O) groups excluding carboxylic acids is 2. The van der Waals surface area contributed by atoms with Gasteiger partial charge in [-0.3, -0.25) is 4.79 Å². The number of fused-ring (bicyclic) bond motifs is 1. The summed E-state index contributed by atoms with van der Waals surface area (Å²) in [6, 6.07) is 3.24. The molecule has 0 saturated carbocycles. The van der Waals surface area contributed by atoms with Crippen LogP contribution in [-0.2, 0) is 17.6 Å². The van der Waals surface area contributed by atoms with Gasteiger partial charge in [0, 0.05) is 11.6 Å². The molecule has 0 saturated heterocycles. The molecule has 1 heterocycles. The number of hydrogen-bond acceptors (Lipinski definition) is 5. The molecule has 3 amide bonds. The molecule has 0 aromatic heterocycles. The van der Waals surface area contributed by atoms with Crippen LogP contribution >= 0.6 is 0 Å². The fourth-order valence-electron chi connectivity index (χ4n) is 3.31. The number of amides is 3. The molecule has 1 aliphatic heterocycles. The van der Waals surface area contributed by atoms with Crippen LogP contribution in [0, 0.1) is 0 Å². The number of nitrogens with one attached hydrogen (secondary N) is 3. The third kappa shape index (κ3) is 3.17. The minimum atomic E-state index is -0.528. The summed E-state index contributed by atoms with van der Waals surface area (Å²) >= 11 is 0. The molecule has 0 spiro atoms. The van der Waals surface area contributed by atoms with Crippen LogP contribution in [0.1, 0.15) is 17.5 Å². The summed E-state index contributed by atoms with van der Waals surface area (Å²) in [6.07, 6.45) is 2.14. The maximum atomic E-state index is 12.5. The molecule has 8 heteroatoms. The summed E-state index contributed by atoms with van der Waals surface area (Å²) in [6.45, 7) is 3.63. The van der Waals surface area contributed by atoms with E-state index in [0.717, 1.165) is 29.7 Å². The minimum Gasteiger partial charge on any atom is -0.493 e. The number of rotatable bonds is 4. The van der Waals surface area contributed by atoms with E-state index in [2.05, 4.69) is 22.5 Å². The van der Waals surface area contributed by atoms with Crippen molar-refractivity contribution in [3.8, 4) is 11.5 Å². The van der Waals surface area contributed by atoms with Crippen LogP contribution in [0.25, 0.3) is 0 Å². The van der Waals surface area contributed by atoms with Crippen LogP contribution in [0.3, 0.4) is 0 Å². The maximum absolute atomic E-state index is 12.5. The van der Waals surface area contributed by atoms with Gasteiger partial charge in [0.05, 0.1) is 25.6 Å². The molecule has 0 radical (unpaired) electrons. The molecule has 1 aromatic rings. The van der Waals surface area contributed by atoms with Crippen molar-refractivity contribution in [2.24, 2.45) is 5.73 Å². The lowest BCUT2D eigenvalue weighted by Crippen LogP contribution is -2.49. The predicted molar refractivity (Wildman–Crippen MR) is 95.5 cm³/mol. The van der Waals surface area contributed by atoms with Gasteiger partial charge in [-0.05, 0) is 30.9 Å². The molecule has 0 fully saturated rings. The number of urea groups is 1. The molecular formula is C18H22N4O4. The Morgan fingerprint density at radius 2 is 2.08 bits per heavy atom. The molecule has 2 aliphatic rings. The summed E-state index contributed by atoms with van der Waals surface area (Å²) in [5, 5.41) is 7.79. The zero-order valence-corrected chi connectivity index (χ0v) is 14.8. The fourth-order valence-corrected chi connectivity index (χ4v) is 3.31. The molecule has 5 N–H and O–H groups in total. The Morgan fingerprint density at radius 1 is 1.31 bits per heavy atom. The Morgan fingerprint density at radius 3 is 2.77 bits per heavy atom. The molecule has 0 unspecified atom stereocenters. The van der Waals surface area contributed by atoms with Crippen molar-refractivity contribution in [2.75, 3.05) is 14.2 Å². The zero-order chi connectivity index (χ0) is 18.8. The van der Waals surface area contributed by atoms with E-state index in [0.29, 0.717) is 12.2 Å². The molecule has 1 aromatic carbocycles. The predicted octanol–water partition coefficient (Wildman–Crippen LogP) is 0.674. The molecule has 138 valence electrons. The molecule has 1 aliphatic carbocycles. The van der Waals surface area contributed by atoms with Crippen LogP contribution in [0.2, 0.25) is 0 Å². The van der Waals surface area contributed by atoms with Gasteiger partial charge in [0.1, 0.15) is 5.70 Å². The summed E-state index contributed by atoms with van der Waals surface area (Å²) in [5.74, 6) is 1.01. The van der Waals surface area contributed by atoms with Crippen LogP contribution in [0.4, 0.5) is 4.79 Å². The lowest BCUT2D eigenvalue weighted by Gasteiger charge is -2.28. The summed E-state index contributed by atoms with van der Waals surface area (Å²) in [7, 11) is 3.23. The third-order valence-corrected chi connectivity index (χ3v) is 4.61.